The molecule has 5 aromatic carbocycles. The van der Waals surface area contributed by atoms with Gasteiger partial charge in [0.2, 0.25) is 7.29 Å². The number of hydrogen-bond donors (Lipinski definition) is 0. The molecule has 0 aromatic heterocycles. The minimum atomic E-state index is -5.10. The van der Waals surface area contributed by atoms with Crippen molar-refractivity contribution < 1.29 is 30.9 Å². The Balaban J connectivity index is 1.83. The summed E-state index contributed by atoms with van der Waals surface area (Å²) in [5, 5.41) is 0.555. The minimum absolute atomic E-state index is 0.0822. The summed E-state index contributed by atoms with van der Waals surface area (Å²) in [5.74, 6) is 0. The summed E-state index contributed by atoms with van der Waals surface area (Å²) in [4.78, 5) is 0. The third-order valence-corrected chi connectivity index (χ3v) is 10.3. The highest BCUT2D eigenvalue weighted by Gasteiger charge is 2.46. The number of nitrogens with zero attached hydrogens (tertiary/aromatic N) is 1. The van der Waals surface area contributed by atoms with Crippen LogP contribution in [0.1, 0.15) is 27.8 Å². The van der Waals surface area contributed by atoms with Crippen LogP contribution in [0.25, 0.3) is 11.3 Å². The zero-order valence-corrected chi connectivity index (χ0v) is 23.2. The number of fused-ring (bicyclic) bond motifs is 1. The lowest BCUT2D eigenvalue weighted by atomic mass is 9.92. The lowest BCUT2D eigenvalue weighted by molar-refractivity contribution is -0.143. The first-order valence-electron chi connectivity index (χ1n) is 13.2. The fourth-order valence-corrected chi connectivity index (χ4v) is 8.47. The summed E-state index contributed by atoms with van der Waals surface area (Å²) in [6.45, 7) is 0. The van der Waals surface area contributed by atoms with E-state index in [0.29, 0.717) is 39.7 Å². The zero-order chi connectivity index (χ0) is 30.4. The van der Waals surface area contributed by atoms with Gasteiger partial charge < -0.3 is 0 Å². The van der Waals surface area contributed by atoms with Gasteiger partial charge in [0.15, 0.2) is 0 Å². The molecule has 0 aliphatic carbocycles. The zero-order valence-electron chi connectivity index (χ0n) is 22.3. The first kappa shape index (κ1) is 28.6. The van der Waals surface area contributed by atoms with Crippen molar-refractivity contribution in [3.63, 3.8) is 0 Å². The molecule has 5 aromatic rings. The van der Waals surface area contributed by atoms with E-state index in [4.69, 9.17) is 0 Å². The molecule has 0 bridgehead atoms. The second-order valence-electron chi connectivity index (χ2n) is 9.96. The average Bonchev–Trinajstić information content (AvgIpc) is 3.01. The largest absolute Gasteiger partial charge is 0.416 e. The summed E-state index contributed by atoms with van der Waals surface area (Å²) in [5.41, 5.74) is -1.04. The highest BCUT2D eigenvalue weighted by Crippen LogP contribution is 2.61. The van der Waals surface area contributed by atoms with Crippen molar-refractivity contribution in [3.8, 4) is 0 Å². The second-order valence-corrected chi connectivity index (χ2v) is 12.5. The van der Waals surface area contributed by atoms with Gasteiger partial charge in [-0.1, -0.05) is 97.1 Å². The molecule has 1 aliphatic rings. The van der Waals surface area contributed by atoms with Crippen LogP contribution in [0.4, 0.5) is 32.0 Å². The van der Waals surface area contributed by atoms with E-state index in [2.05, 4.69) is 0 Å². The first-order chi connectivity index (χ1) is 20.5. The molecule has 1 unspecified atom stereocenters. The van der Waals surface area contributed by atoms with Crippen molar-refractivity contribution in [1.29, 1.82) is 0 Å². The van der Waals surface area contributed by atoms with Crippen LogP contribution < -0.4 is 15.3 Å². The monoisotopic (exact) mass is 605 g/mol. The van der Waals surface area contributed by atoms with Crippen LogP contribution in [0, 0.1) is 0 Å². The molecular formula is C34H22F6NOP. The maximum atomic E-state index is 15.8. The number of anilines is 1. The molecule has 2 nitrogen and oxygen atoms in total. The molecule has 0 fully saturated rings. The van der Waals surface area contributed by atoms with E-state index < -0.39 is 36.5 Å². The van der Waals surface area contributed by atoms with Gasteiger partial charge in [-0.3, -0.25) is 9.24 Å². The Morgan fingerprint density at radius 3 is 1.53 bits per heavy atom. The highest BCUT2D eigenvalue weighted by molar-refractivity contribution is 7.80. The smallest absolute Gasteiger partial charge is 0.289 e. The molecule has 0 amide bonds. The van der Waals surface area contributed by atoms with Crippen molar-refractivity contribution in [2.75, 3.05) is 4.67 Å². The molecule has 0 radical (unpaired) electrons. The third-order valence-electron chi connectivity index (χ3n) is 7.26. The van der Waals surface area contributed by atoms with Crippen molar-refractivity contribution >= 4 is 34.9 Å². The Bertz CT molecular complexity index is 1830. The number of hydrogen-bond acceptors (Lipinski definition) is 1. The van der Waals surface area contributed by atoms with Crippen molar-refractivity contribution in [2.24, 2.45) is 0 Å². The minimum Gasteiger partial charge on any atom is -0.289 e. The van der Waals surface area contributed by atoms with Gasteiger partial charge in [-0.2, -0.15) is 26.3 Å². The standard InChI is InChI=1S/C34H22F6NOP/c35-33(36,37)25-20-26(34(38,39)40)22-27(21-25)41-32(24-14-6-2-7-15-24)31(23-12-4-1-5-13-23)29-18-10-11-19-30(29)43(41,42)28-16-8-3-9-17-28/h1-22H. The Morgan fingerprint density at radius 1 is 0.535 bits per heavy atom. The molecule has 0 saturated heterocycles. The molecule has 1 aliphatic heterocycles. The molecule has 0 N–H and O–H groups in total. The maximum absolute atomic E-state index is 15.8. The summed E-state index contributed by atoms with van der Waals surface area (Å²) in [6, 6.07) is 33.9. The van der Waals surface area contributed by atoms with Gasteiger partial charge in [0, 0.05) is 21.9 Å². The van der Waals surface area contributed by atoms with Crippen LogP contribution >= 0.6 is 7.29 Å². The normalized spacial score (nSPS) is 17.1. The predicted molar refractivity (Wildman–Crippen MR) is 157 cm³/mol. The van der Waals surface area contributed by atoms with Gasteiger partial charge in [-0.25, -0.2) is 0 Å². The summed E-state index contributed by atoms with van der Waals surface area (Å²) in [7, 11) is -4.17. The van der Waals surface area contributed by atoms with Crippen LogP contribution in [0.2, 0.25) is 0 Å². The lowest BCUT2D eigenvalue weighted by Crippen LogP contribution is -2.37. The number of rotatable bonds is 4. The second kappa shape index (κ2) is 10.6. The number of alkyl halides is 6. The van der Waals surface area contributed by atoms with Crippen molar-refractivity contribution in [1.82, 2.24) is 0 Å². The number of benzene rings is 5. The molecule has 0 spiro atoms. The van der Waals surface area contributed by atoms with E-state index in [1.54, 1.807) is 115 Å². The van der Waals surface area contributed by atoms with Crippen molar-refractivity contribution in [3.05, 3.63) is 161 Å². The fourth-order valence-electron chi connectivity index (χ4n) is 5.43. The van der Waals surface area contributed by atoms with E-state index in [1.165, 1.54) is 4.67 Å². The SMILES string of the molecule is O=P1(c2ccccc2)c2ccccc2C(c2ccccc2)=C(c2ccccc2)N1c1cc(C(F)(F)F)cc(C(F)(F)F)c1. The van der Waals surface area contributed by atoms with E-state index in [0.717, 1.165) is 0 Å². The first-order valence-corrected chi connectivity index (χ1v) is 14.9. The van der Waals surface area contributed by atoms with Crippen LogP contribution in [0.5, 0.6) is 0 Å². The van der Waals surface area contributed by atoms with Gasteiger partial charge in [0.1, 0.15) is 0 Å². The average molecular weight is 606 g/mol. The van der Waals surface area contributed by atoms with E-state index in [9.17, 15) is 26.3 Å². The molecular weight excluding hydrogens is 583 g/mol. The molecule has 216 valence electrons. The molecule has 1 atom stereocenters. The van der Waals surface area contributed by atoms with Crippen molar-refractivity contribution in [2.45, 2.75) is 12.4 Å². The van der Waals surface area contributed by atoms with Gasteiger partial charge >= 0.3 is 12.4 Å². The topological polar surface area (TPSA) is 20.3 Å². The van der Waals surface area contributed by atoms with Crippen LogP contribution in [-0.4, -0.2) is 0 Å². The lowest BCUT2D eigenvalue weighted by Gasteiger charge is -2.42. The summed E-state index contributed by atoms with van der Waals surface area (Å²) >= 11 is 0. The maximum Gasteiger partial charge on any atom is 0.416 e. The quantitative estimate of drug-likeness (QED) is 0.150. The summed E-state index contributed by atoms with van der Waals surface area (Å²) in [6.07, 6.45) is -10.2. The van der Waals surface area contributed by atoms with Gasteiger partial charge in [-0.05, 0) is 53.1 Å². The molecule has 0 saturated carbocycles. The van der Waals surface area contributed by atoms with E-state index in [-0.39, 0.29) is 17.1 Å². The Kier molecular flexibility index (Phi) is 7.05. The van der Waals surface area contributed by atoms with Crippen LogP contribution in [0.15, 0.2) is 133 Å². The Hall–Kier alpha value is -4.55. The van der Waals surface area contributed by atoms with Gasteiger partial charge in [0.05, 0.1) is 16.8 Å². The van der Waals surface area contributed by atoms with E-state index in [1.807, 2.05) is 0 Å². The molecule has 9 heteroatoms. The van der Waals surface area contributed by atoms with Gasteiger partial charge in [0.25, 0.3) is 0 Å². The Labute approximate surface area is 244 Å². The third kappa shape index (κ3) is 5.06. The molecule has 43 heavy (non-hydrogen) atoms. The number of halogens is 6. The van der Waals surface area contributed by atoms with Gasteiger partial charge in [-0.15, -0.1) is 0 Å². The fraction of sp³-hybridized carbons (Fsp3) is 0.0588. The Morgan fingerprint density at radius 2 is 1.00 bits per heavy atom. The predicted octanol–water partition coefficient (Wildman–Crippen LogP) is 9.39. The van der Waals surface area contributed by atoms with Crippen LogP contribution in [0.3, 0.4) is 0 Å². The molecule has 1 heterocycles. The summed E-state index contributed by atoms with van der Waals surface area (Å²) < 4.78 is 102. The highest BCUT2D eigenvalue weighted by atomic mass is 31.2. The van der Waals surface area contributed by atoms with Crippen LogP contribution in [-0.2, 0) is 16.9 Å². The molecule has 6 rings (SSSR count). The van der Waals surface area contributed by atoms with E-state index >= 15 is 4.57 Å².